The lowest BCUT2D eigenvalue weighted by molar-refractivity contribution is -0.454. The maximum Gasteiger partial charge on any atom is 0.386 e. The smallest absolute Gasteiger partial charge is 0.357 e. The van der Waals surface area contributed by atoms with Gasteiger partial charge in [-0.05, 0) is 12.8 Å². The van der Waals surface area contributed by atoms with Crippen LogP contribution in [0.4, 0.5) is 17.6 Å². The van der Waals surface area contributed by atoms with Crippen molar-refractivity contribution in [3.8, 4) is 0 Å². The van der Waals surface area contributed by atoms with E-state index in [9.17, 15) is 17.6 Å². The van der Waals surface area contributed by atoms with Crippen molar-refractivity contribution in [1.29, 1.82) is 0 Å². The minimum Gasteiger partial charge on any atom is -0.357 e. The maximum absolute atomic E-state index is 12.6. The van der Waals surface area contributed by atoms with E-state index < -0.39 is 24.4 Å². The van der Waals surface area contributed by atoms with Gasteiger partial charge in [-0.3, -0.25) is 4.74 Å². The average molecular weight is 186 g/mol. The molecule has 2 rings (SSSR count). The van der Waals surface area contributed by atoms with Crippen LogP contribution in [0.2, 0.25) is 0 Å². The van der Waals surface area contributed by atoms with E-state index in [0.29, 0.717) is 0 Å². The molecule has 0 amide bonds. The predicted octanol–water partition coefficient (Wildman–Crippen LogP) is 1.75. The van der Waals surface area contributed by atoms with Crippen LogP contribution in [0, 0.1) is 0 Å². The first-order valence-corrected chi connectivity index (χ1v) is 3.53. The number of alkyl halides is 4. The zero-order valence-corrected chi connectivity index (χ0v) is 5.90. The number of halogens is 4. The normalized spacial score (nSPS) is 43.0. The van der Waals surface area contributed by atoms with E-state index in [4.69, 9.17) is 0 Å². The summed E-state index contributed by atoms with van der Waals surface area (Å²) >= 11 is 0. The average Bonchev–Trinajstić information content (AvgIpc) is 2.26. The van der Waals surface area contributed by atoms with Crippen LogP contribution in [0.1, 0.15) is 12.8 Å². The zero-order valence-electron chi connectivity index (χ0n) is 5.90. The third-order valence-corrected chi connectivity index (χ3v) is 2.04. The lowest BCUT2D eigenvalue weighted by Crippen LogP contribution is -2.52. The summed E-state index contributed by atoms with van der Waals surface area (Å²) in [4.78, 5) is 0. The van der Waals surface area contributed by atoms with Crippen LogP contribution in [-0.4, -0.2) is 24.4 Å². The van der Waals surface area contributed by atoms with E-state index >= 15 is 0 Å². The van der Waals surface area contributed by atoms with Crippen molar-refractivity contribution in [2.45, 2.75) is 37.3 Å². The second kappa shape index (κ2) is 2.11. The molecule has 2 bridgehead atoms. The monoisotopic (exact) mass is 186 g/mol. The number of rotatable bonds is 0. The molecule has 2 saturated heterocycles. The van der Waals surface area contributed by atoms with E-state index in [-0.39, 0.29) is 12.8 Å². The molecule has 2 aliphatic heterocycles. The highest BCUT2D eigenvalue weighted by molar-refractivity contribution is 4.89. The van der Waals surface area contributed by atoms with Crippen molar-refractivity contribution in [1.82, 2.24) is 0 Å². The molecule has 2 atom stereocenters. The Morgan fingerprint density at radius 1 is 0.917 bits per heavy atom. The van der Waals surface area contributed by atoms with Crippen LogP contribution in [0.5, 0.6) is 0 Å². The van der Waals surface area contributed by atoms with Gasteiger partial charge in [0.2, 0.25) is 0 Å². The van der Waals surface area contributed by atoms with Gasteiger partial charge in [0.05, 0.1) is 0 Å². The standard InChI is InChI=1S/C6H6F4O2/c7-5(8)3-1-2-4(11-3)6(9,10)12-5/h3-4H,1-2H2. The third-order valence-electron chi connectivity index (χ3n) is 2.04. The first-order chi connectivity index (χ1) is 5.42. The van der Waals surface area contributed by atoms with Gasteiger partial charge in [0.15, 0.2) is 0 Å². The number of ether oxygens (including phenoxy) is 2. The first kappa shape index (κ1) is 8.25. The summed E-state index contributed by atoms with van der Waals surface area (Å²) in [5.41, 5.74) is 0. The lowest BCUT2D eigenvalue weighted by atomic mass is 10.2. The molecule has 2 unspecified atom stereocenters. The van der Waals surface area contributed by atoms with Crippen LogP contribution in [0.3, 0.4) is 0 Å². The van der Waals surface area contributed by atoms with Crippen LogP contribution >= 0.6 is 0 Å². The molecule has 2 nitrogen and oxygen atoms in total. The molecule has 0 aromatic rings. The van der Waals surface area contributed by atoms with Gasteiger partial charge in [0.1, 0.15) is 12.2 Å². The largest absolute Gasteiger partial charge is 0.386 e. The topological polar surface area (TPSA) is 18.5 Å². The SMILES string of the molecule is FC1(F)OC(F)(F)C2CCC1O2. The summed E-state index contributed by atoms with van der Waals surface area (Å²) in [5.74, 6) is 0. The van der Waals surface area contributed by atoms with Crippen molar-refractivity contribution >= 4 is 0 Å². The Bertz CT molecular complexity index is 186. The van der Waals surface area contributed by atoms with Crippen LogP contribution in [0.25, 0.3) is 0 Å². The Balaban J connectivity index is 2.26. The van der Waals surface area contributed by atoms with Gasteiger partial charge in [-0.25, -0.2) is 0 Å². The molecule has 12 heavy (non-hydrogen) atoms. The van der Waals surface area contributed by atoms with Crippen molar-refractivity contribution in [2.75, 3.05) is 0 Å². The quantitative estimate of drug-likeness (QED) is 0.536. The Hall–Kier alpha value is -0.360. The molecule has 0 radical (unpaired) electrons. The third kappa shape index (κ3) is 1.01. The predicted molar refractivity (Wildman–Crippen MR) is 28.9 cm³/mol. The molecular formula is C6H6F4O2. The zero-order chi connectivity index (χ0) is 8.98. The van der Waals surface area contributed by atoms with Gasteiger partial charge >= 0.3 is 12.2 Å². The minimum absolute atomic E-state index is 0.0761. The summed E-state index contributed by atoms with van der Waals surface area (Å²) in [6, 6.07) is 0. The van der Waals surface area contributed by atoms with E-state index in [1.165, 1.54) is 0 Å². The van der Waals surface area contributed by atoms with E-state index in [1.54, 1.807) is 0 Å². The molecule has 0 aromatic heterocycles. The van der Waals surface area contributed by atoms with Gasteiger partial charge in [0, 0.05) is 0 Å². The highest BCUT2D eigenvalue weighted by atomic mass is 19.3. The van der Waals surface area contributed by atoms with Crippen LogP contribution in [-0.2, 0) is 9.47 Å². The summed E-state index contributed by atoms with van der Waals surface area (Å²) in [7, 11) is 0. The summed E-state index contributed by atoms with van der Waals surface area (Å²) in [6.45, 7) is 0. The molecule has 70 valence electrons. The molecule has 2 aliphatic rings. The molecule has 0 spiro atoms. The maximum atomic E-state index is 12.6. The fourth-order valence-electron chi connectivity index (χ4n) is 1.44. The first-order valence-electron chi connectivity index (χ1n) is 3.53. The summed E-state index contributed by atoms with van der Waals surface area (Å²) < 4.78 is 58.0. The van der Waals surface area contributed by atoms with Gasteiger partial charge in [-0.1, -0.05) is 0 Å². The van der Waals surface area contributed by atoms with Gasteiger partial charge in [0.25, 0.3) is 0 Å². The Morgan fingerprint density at radius 2 is 1.33 bits per heavy atom. The summed E-state index contributed by atoms with van der Waals surface area (Å²) in [6.07, 6.45) is -10.8. The fraction of sp³-hybridized carbons (Fsp3) is 1.00. The van der Waals surface area contributed by atoms with Crippen LogP contribution < -0.4 is 0 Å². The molecule has 0 aliphatic carbocycles. The highest BCUT2D eigenvalue weighted by Gasteiger charge is 2.63. The number of hydrogen-bond donors (Lipinski definition) is 0. The van der Waals surface area contributed by atoms with E-state index in [1.807, 2.05) is 0 Å². The van der Waals surface area contributed by atoms with Gasteiger partial charge < -0.3 is 4.74 Å². The van der Waals surface area contributed by atoms with Crippen molar-refractivity contribution in [2.24, 2.45) is 0 Å². The Labute approximate surface area is 65.4 Å². The van der Waals surface area contributed by atoms with E-state index in [2.05, 4.69) is 9.47 Å². The van der Waals surface area contributed by atoms with Gasteiger partial charge in [-0.2, -0.15) is 17.6 Å². The Kier molecular flexibility index (Phi) is 1.45. The lowest BCUT2D eigenvalue weighted by Gasteiger charge is -2.34. The highest BCUT2D eigenvalue weighted by Crippen LogP contribution is 2.47. The second-order valence-electron chi connectivity index (χ2n) is 2.92. The number of fused-ring (bicyclic) bond motifs is 2. The number of hydrogen-bond acceptors (Lipinski definition) is 2. The molecule has 6 heteroatoms. The minimum atomic E-state index is -3.85. The Morgan fingerprint density at radius 3 is 1.75 bits per heavy atom. The van der Waals surface area contributed by atoms with Crippen molar-refractivity contribution in [3.05, 3.63) is 0 Å². The van der Waals surface area contributed by atoms with Crippen LogP contribution in [0.15, 0.2) is 0 Å². The molecule has 0 saturated carbocycles. The summed E-state index contributed by atoms with van der Waals surface area (Å²) in [5, 5.41) is 0. The van der Waals surface area contributed by atoms with Crippen molar-refractivity contribution in [3.63, 3.8) is 0 Å². The van der Waals surface area contributed by atoms with Gasteiger partial charge in [-0.15, -0.1) is 0 Å². The molecule has 2 heterocycles. The fourth-order valence-corrected chi connectivity index (χ4v) is 1.44. The molecule has 0 aromatic carbocycles. The molecule has 0 N–H and O–H groups in total. The van der Waals surface area contributed by atoms with E-state index in [0.717, 1.165) is 0 Å². The molecular weight excluding hydrogens is 180 g/mol. The van der Waals surface area contributed by atoms with Crippen molar-refractivity contribution < 1.29 is 27.0 Å². The second-order valence-corrected chi connectivity index (χ2v) is 2.92. The molecule has 2 fully saturated rings.